The second kappa shape index (κ2) is 6.64. The molecule has 0 heterocycles. The van der Waals surface area contributed by atoms with E-state index in [4.69, 9.17) is 16.9 Å². The van der Waals surface area contributed by atoms with E-state index in [0.717, 1.165) is 0 Å². The van der Waals surface area contributed by atoms with Crippen LogP contribution in [0.1, 0.15) is 10.4 Å². The number of carbonyl (C=O) groups is 1. The summed E-state index contributed by atoms with van der Waals surface area (Å²) in [6.07, 6.45) is 0. The smallest absolute Gasteiger partial charge is 0.225 e. The Kier molecular flexibility index (Phi) is 4.64. The van der Waals surface area contributed by atoms with Gasteiger partial charge in [-0.15, -0.1) is 0 Å². The fourth-order valence-electron chi connectivity index (χ4n) is 1.54. The summed E-state index contributed by atoms with van der Waals surface area (Å²) in [6, 6.07) is 13.4. The molecule has 0 saturated carbocycles. The standard InChI is InChI=1S/C15H9ClFN3O/c16-13-4-2-1-3-12(13)15(21)14(9-18)20-19-11-7-5-10(17)6-8-11/h1-8,19H/b20-14+. The van der Waals surface area contributed by atoms with Gasteiger partial charge in [-0.3, -0.25) is 10.2 Å². The molecule has 0 unspecified atom stereocenters. The largest absolute Gasteiger partial charge is 0.286 e. The van der Waals surface area contributed by atoms with E-state index in [1.54, 1.807) is 24.3 Å². The van der Waals surface area contributed by atoms with Crippen molar-refractivity contribution in [1.82, 2.24) is 0 Å². The lowest BCUT2D eigenvalue weighted by atomic mass is 10.1. The molecule has 0 aliphatic heterocycles. The van der Waals surface area contributed by atoms with Gasteiger partial charge in [-0.2, -0.15) is 10.4 Å². The van der Waals surface area contributed by atoms with E-state index in [9.17, 15) is 9.18 Å². The van der Waals surface area contributed by atoms with Crippen molar-refractivity contribution in [1.29, 1.82) is 5.26 Å². The molecule has 0 aliphatic rings. The number of ketones is 1. The first-order valence-electron chi connectivity index (χ1n) is 5.90. The zero-order valence-electron chi connectivity index (χ0n) is 10.7. The number of rotatable bonds is 4. The lowest BCUT2D eigenvalue weighted by Gasteiger charge is -2.03. The monoisotopic (exact) mass is 301 g/mol. The summed E-state index contributed by atoms with van der Waals surface area (Å²) in [6.45, 7) is 0. The third-order valence-electron chi connectivity index (χ3n) is 2.58. The Balaban J connectivity index is 2.22. The van der Waals surface area contributed by atoms with Crippen LogP contribution in [0.25, 0.3) is 0 Å². The molecular weight excluding hydrogens is 293 g/mol. The second-order valence-electron chi connectivity index (χ2n) is 4.00. The van der Waals surface area contributed by atoms with Crippen LogP contribution < -0.4 is 5.43 Å². The van der Waals surface area contributed by atoms with Gasteiger partial charge in [-0.25, -0.2) is 4.39 Å². The van der Waals surface area contributed by atoms with Gasteiger partial charge in [0.1, 0.15) is 11.9 Å². The molecule has 0 fully saturated rings. The van der Waals surface area contributed by atoms with Crippen molar-refractivity contribution in [3.8, 4) is 6.07 Å². The van der Waals surface area contributed by atoms with Gasteiger partial charge >= 0.3 is 0 Å². The Morgan fingerprint density at radius 2 is 1.86 bits per heavy atom. The van der Waals surface area contributed by atoms with Crippen LogP contribution in [0.15, 0.2) is 53.6 Å². The zero-order valence-corrected chi connectivity index (χ0v) is 11.4. The average Bonchev–Trinajstić information content (AvgIpc) is 2.50. The van der Waals surface area contributed by atoms with Gasteiger partial charge in [0, 0.05) is 5.56 Å². The van der Waals surface area contributed by atoms with E-state index in [1.165, 1.54) is 30.3 Å². The van der Waals surface area contributed by atoms with Crippen LogP contribution in [0.5, 0.6) is 0 Å². The van der Waals surface area contributed by atoms with Crippen LogP contribution in [0.4, 0.5) is 10.1 Å². The average molecular weight is 302 g/mol. The maximum atomic E-state index is 12.8. The van der Waals surface area contributed by atoms with Crippen LogP contribution in [0.3, 0.4) is 0 Å². The highest BCUT2D eigenvalue weighted by molar-refractivity contribution is 6.53. The van der Waals surface area contributed by atoms with Crippen molar-refractivity contribution in [2.24, 2.45) is 5.10 Å². The molecule has 0 bridgehead atoms. The summed E-state index contributed by atoms with van der Waals surface area (Å²) >= 11 is 5.91. The maximum Gasteiger partial charge on any atom is 0.225 e. The van der Waals surface area contributed by atoms with Crippen molar-refractivity contribution in [3.63, 3.8) is 0 Å². The number of hydrogen-bond donors (Lipinski definition) is 1. The minimum atomic E-state index is -0.585. The van der Waals surface area contributed by atoms with Gasteiger partial charge < -0.3 is 0 Å². The van der Waals surface area contributed by atoms with Crippen molar-refractivity contribution in [3.05, 3.63) is 64.9 Å². The van der Waals surface area contributed by atoms with Gasteiger partial charge in [0.15, 0.2) is 0 Å². The topological polar surface area (TPSA) is 65.2 Å². The first-order valence-corrected chi connectivity index (χ1v) is 6.28. The summed E-state index contributed by atoms with van der Waals surface area (Å²) < 4.78 is 12.8. The number of benzene rings is 2. The Labute approximate surface area is 125 Å². The predicted molar refractivity (Wildman–Crippen MR) is 78.9 cm³/mol. The molecule has 2 rings (SSSR count). The van der Waals surface area contributed by atoms with Gasteiger partial charge in [-0.1, -0.05) is 23.7 Å². The highest BCUT2D eigenvalue weighted by atomic mass is 35.5. The number of nitrogens with zero attached hydrogens (tertiary/aromatic N) is 2. The molecule has 0 radical (unpaired) electrons. The van der Waals surface area contributed by atoms with Crippen LogP contribution in [-0.4, -0.2) is 11.5 Å². The second-order valence-corrected chi connectivity index (χ2v) is 4.41. The van der Waals surface area contributed by atoms with Gasteiger partial charge in [0.2, 0.25) is 11.5 Å². The van der Waals surface area contributed by atoms with Crippen molar-refractivity contribution < 1.29 is 9.18 Å². The van der Waals surface area contributed by atoms with E-state index in [1.807, 2.05) is 0 Å². The number of nitriles is 1. The fraction of sp³-hybridized carbons (Fsp3) is 0. The Morgan fingerprint density at radius 3 is 2.48 bits per heavy atom. The van der Waals surface area contributed by atoms with E-state index >= 15 is 0 Å². The first-order chi connectivity index (χ1) is 10.1. The summed E-state index contributed by atoms with van der Waals surface area (Å²) in [5.74, 6) is -0.977. The molecule has 104 valence electrons. The van der Waals surface area contributed by atoms with Gasteiger partial charge in [0.25, 0.3) is 0 Å². The van der Waals surface area contributed by atoms with E-state index in [0.29, 0.717) is 5.69 Å². The Morgan fingerprint density at radius 1 is 1.19 bits per heavy atom. The van der Waals surface area contributed by atoms with Gasteiger partial charge in [0.05, 0.1) is 10.7 Å². The molecule has 0 aliphatic carbocycles. The maximum absolute atomic E-state index is 12.8. The SMILES string of the molecule is N#C/C(=N\Nc1ccc(F)cc1)C(=O)c1ccccc1Cl. The molecule has 4 nitrogen and oxygen atoms in total. The summed E-state index contributed by atoms with van der Waals surface area (Å²) in [5.41, 5.74) is 2.84. The molecule has 2 aromatic carbocycles. The van der Waals surface area contributed by atoms with Crippen molar-refractivity contribution in [2.45, 2.75) is 0 Å². The minimum absolute atomic E-state index is 0.195. The molecule has 0 saturated heterocycles. The highest BCUT2D eigenvalue weighted by Crippen LogP contribution is 2.16. The van der Waals surface area contributed by atoms with E-state index < -0.39 is 11.6 Å². The van der Waals surface area contributed by atoms with Crippen LogP contribution >= 0.6 is 11.6 Å². The first kappa shape index (κ1) is 14.7. The highest BCUT2D eigenvalue weighted by Gasteiger charge is 2.16. The lowest BCUT2D eigenvalue weighted by molar-refractivity contribution is 0.106. The van der Waals surface area contributed by atoms with Crippen molar-refractivity contribution >= 4 is 28.8 Å². The minimum Gasteiger partial charge on any atom is -0.286 e. The number of anilines is 1. The molecule has 0 atom stereocenters. The third-order valence-corrected chi connectivity index (χ3v) is 2.91. The molecule has 2 aromatic rings. The van der Waals surface area contributed by atoms with Crippen LogP contribution in [-0.2, 0) is 0 Å². The molecular formula is C15H9ClFN3O. The molecule has 6 heteroatoms. The zero-order chi connectivity index (χ0) is 15.2. The number of hydrazone groups is 1. The van der Waals surface area contributed by atoms with Crippen molar-refractivity contribution in [2.75, 3.05) is 5.43 Å². The molecule has 21 heavy (non-hydrogen) atoms. The molecule has 0 spiro atoms. The number of hydrogen-bond acceptors (Lipinski definition) is 4. The summed E-state index contributed by atoms with van der Waals surface area (Å²) in [4.78, 5) is 12.1. The van der Waals surface area contributed by atoms with Gasteiger partial charge in [-0.05, 0) is 36.4 Å². The number of nitrogens with one attached hydrogen (secondary N) is 1. The summed E-state index contributed by atoms with van der Waals surface area (Å²) in [7, 11) is 0. The molecule has 1 N–H and O–H groups in total. The Hall–Kier alpha value is -2.71. The van der Waals surface area contributed by atoms with Crippen LogP contribution in [0, 0.1) is 17.1 Å². The third kappa shape index (κ3) is 3.65. The predicted octanol–water partition coefficient (Wildman–Crippen LogP) is 3.65. The molecule has 0 aromatic heterocycles. The lowest BCUT2D eigenvalue weighted by Crippen LogP contribution is -2.14. The molecule has 0 amide bonds. The van der Waals surface area contributed by atoms with E-state index in [2.05, 4.69) is 10.5 Å². The normalized spacial score (nSPS) is 10.8. The van der Waals surface area contributed by atoms with Crippen LogP contribution in [0.2, 0.25) is 5.02 Å². The Bertz CT molecular complexity index is 735. The number of halogens is 2. The number of Topliss-reactive ketones (excluding diaryl/α,β-unsaturated/α-hetero) is 1. The fourth-order valence-corrected chi connectivity index (χ4v) is 1.77. The quantitative estimate of drug-likeness (QED) is 0.532. The van der Waals surface area contributed by atoms with E-state index in [-0.39, 0.29) is 16.3 Å². The summed E-state index contributed by atoms with van der Waals surface area (Å²) in [5, 5.41) is 13.0. The number of carbonyl (C=O) groups excluding carboxylic acids is 1.